The zero-order valence-corrected chi connectivity index (χ0v) is 6.17. The Bertz CT molecular complexity index is 107. The molecule has 0 radical (unpaired) electrons. The molecule has 0 bridgehead atoms. The lowest BCUT2D eigenvalue weighted by molar-refractivity contribution is 0.287. The number of unbranched alkanes of at least 4 members (excludes halogenated alkanes) is 1. The first kappa shape index (κ1) is 11.7. The van der Waals surface area contributed by atoms with Gasteiger partial charge in [-0.15, -0.1) is 0 Å². The summed E-state index contributed by atoms with van der Waals surface area (Å²) >= 11 is 0. The summed E-state index contributed by atoms with van der Waals surface area (Å²) in [5, 5.41) is 23.3. The van der Waals surface area contributed by atoms with Gasteiger partial charge in [0.15, 0.2) is 0 Å². The zero-order chi connectivity index (χ0) is 8.24. The smallest absolute Gasteiger partial charge is 0.122 e. The number of aliphatic hydroxyl groups is 1. The van der Waals surface area contributed by atoms with Crippen LogP contribution in [-0.4, -0.2) is 11.7 Å². The van der Waals surface area contributed by atoms with Crippen LogP contribution in [0, 0.1) is 22.7 Å². The molecule has 0 aromatic carbocycles. The van der Waals surface area contributed by atoms with Crippen LogP contribution in [0.15, 0.2) is 0 Å². The average Bonchev–Trinajstić information content (AvgIpc) is 1.93. The van der Waals surface area contributed by atoms with Gasteiger partial charge in [-0.25, -0.2) is 0 Å². The van der Waals surface area contributed by atoms with Gasteiger partial charge in [-0.3, -0.25) is 0 Å². The third-order valence-corrected chi connectivity index (χ3v) is 0.670. The van der Waals surface area contributed by atoms with Crippen molar-refractivity contribution in [2.75, 3.05) is 6.61 Å². The van der Waals surface area contributed by atoms with Crippen molar-refractivity contribution in [2.24, 2.45) is 0 Å². The van der Waals surface area contributed by atoms with Gasteiger partial charge in [0.25, 0.3) is 0 Å². The van der Waals surface area contributed by atoms with E-state index in [1.807, 2.05) is 0 Å². The maximum atomic E-state index is 8.07. The number of hydrogen-bond donors (Lipinski definition) is 1. The van der Waals surface area contributed by atoms with Crippen molar-refractivity contribution >= 4 is 0 Å². The Labute approximate surface area is 61.5 Å². The largest absolute Gasteiger partial charge is 0.396 e. The fourth-order valence-corrected chi connectivity index (χ4v) is 0.193. The van der Waals surface area contributed by atoms with E-state index in [0.29, 0.717) is 6.61 Å². The molecule has 10 heavy (non-hydrogen) atoms. The molecule has 0 fully saturated rings. The second-order valence-electron chi connectivity index (χ2n) is 1.57. The standard InChI is InChI=1S/C4H10O.C3H2N2/c1-2-3-4-5;4-2-1-3-5/h5H,2-4H2,1H3;1H2. The molecule has 0 aliphatic carbocycles. The van der Waals surface area contributed by atoms with Gasteiger partial charge in [0, 0.05) is 6.61 Å². The zero-order valence-electron chi connectivity index (χ0n) is 6.17. The molecule has 0 spiro atoms. The summed E-state index contributed by atoms with van der Waals surface area (Å²) in [7, 11) is 0. The van der Waals surface area contributed by atoms with Gasteiger partial charge in [0.1, 0.15) is 6.42 Å². The summed E-state index contributed by atoms with van der Waals surface area (Å²) in [6.07, 6.45) is 2.04. The Kier molecular flexibility index (Phi) is 18.3. The van der Waals surface area contributed by atoms with E-state index in [2.05, 4.69) is 6.92 Å². The predicted molar refractivity (Wildman–Crippen MR) is 37.8 cm³/mol. The lowest BCUT2D eigenvalue weighted by Gasteiger charge is -1.79. The lowest BCUT2D eigenvalue weighted by atomic mass is 10.4. The molecule has 0 aliphatic heterocycles. The molecular formula is C7H12N2O. The highest BCUT2D eigenvalue weighted by atomic mass is 16.2. The third-order valence-electron chi connectivity index (χ3n) is 0.670. The van der Waals surface area contributed by atoms with E-state index in [-0.39, 0.29) is 6.42 Å². The lowest BCUT2D eigenvalue weighted by Crippen LogP contribution is -1.75. The SMILES string of the molecule is CCCCO.N#CCC#N. The molecule has 56 valence electrons. The highest BCUT2D eigenvalue weighted by Crippen LogP contribution is 1.78. The van der Waals surface area contributed by atoms with Crippen LogP contribution in [0.3, 0.4) is 0 Å². The first-order valence-electron chi connectivity index (χ1n) is 3.18. The van der Waals surface area contributed by atoms with Gasteiger partial charge in [-0.2, -0.15) is 10.5 Å². The average molecular weight is 140 g/mol. The molecule has 0 amide bonds. The molecule has 0 rings (SSSR count). The molecule has 0 heterocycles. The van der Waals surface area contributed by atoms with E-state index in [9.17, 15) is 0 Å². The van der Waals surface area contributed by atoms with Crippen LogP contribution in [0.1, 0.15) is 26.2 Å². The van der Waals surface area contributed by atoms with Crippen molar-refractivity contribution in [1.29, 1.82) is 10.5 Å². The fraction of sp³-hybridized carbons (Fsp3) is 0.714. The van der Waals surface area contributed by atoms with Crippen molar-refractivity contribution in [3.8, 4) is 12.1 Å². The van der Waals surface area contributed by atoms with E-state index in [1.165, 1.54) is 0 Å². The monoisotopic (exact) mass is 140 g/mol. The normalized spacial score (nSPS) is 6.40. The fourth-order valence-electron chi connectivity index (χ4n) is 0.193. The van der Waals surface area contributed by atoms with Crippen molar-refractivity contribution in [3.05, 3.63) is 0 Å². The van der Waals surface area contributed by atoms with Crippen LogP contribution in [-0.2, 0) is 0 Å². The van der Waals surface area contributed by atoms with E-state index >= 15 is 0 Å². The molecule has 0 aromatic heterocycles. The van der Waals surface area contributed by atoms with Gasteiger partial charge in [0.05, 0.1) is 12.1 Å². The van der Waals surface area contributed by atoms with Crippen molar-refractivity contribution in [3.63, 3.8) is 0 Å². The van der Waals surface area contributed by atoms with Crippen LogP contribution in [0.25, 0.3) is 0 Å². The maximum Gasteiger partial charge on any atom is 0.122 e. The van der Waals surface area contributed by atoms with Crippen LogP contribution < -0.4 is 0 Å². The molecule has 0 aliphatic rings. The molecule has 0 unspecified atom stereocenters. The van der Waals surface area contributed by atoms with Crippen LogP contribution in [0.2, 0.25) is 0 Å². The van der Waals surface area contributed by atoms with Crippen LogP contribution in [0.5, 0.6) is 0 Å². The number of aliphatic hydroxyl groups excluding tert-OH is 1. The van der Waals surface area contributed by atoms with E-state index < -0.39 is 0 Å². The molecule has 0 saturated carbocycles. The Morgan fingerprint density at radius 3 is 1.80 bits per heavy atom. The van der Waals surface area contributed by atoms with Gasteiger partial charge in [-0.1, -0.05) is 13.3 Å². The second kappa shape index (κ2) is 15.7. The Hall–Kier alpha value is -1.06. The molecule has 3 nitrogen and oxygen atoms in total. The first-order chi connectivity index (χ1) is 4.83. The number of rotatable bonds is 2. The maximum absolute atomic E-state index is 8.07. The summed E-state index contributed by atoms with van der Waals surface area (Å²) in [4.78, 5) is 0. The van der Waals surface area contributed by atoms with Gasteiger partial charge >= 0.3 is 0 Å². The third kappa shape index (κ3) is 28.3. The molecule has 0 aromatic rings. The number of nitrogens with zero attached hydrogens (tertiary/aromatic N) is 2. The first-order valence-corrected chi connectivity index (χ1v) is 3.18. The Balaban J connectivity index is 0. The van der Waals surface area contributed by atoms with Gasteiger partial charge < -0.3 is 5.11 Å². The quantitative estimate of drug-likeness (QED) is 0.626. The summed E-state index contributed by atoms with van der Waals surface area (Å²) in [5.74, 6) is 0. The summed E-state index contributed by atoms with van der Waals surface area (Å²) in [6.45, 7) is 2.40. The minimum Gasteiger partial charge on any atom is -0.396 e. The van der Waals surface area contributed by atoms with Crippen LogP contribution >= 0.6 is 0 Å². The number of nitriles is 2. The highest BCUT2D eigenvalue weighted by Gasteiger charge is 1.69. The Morgan fingerprint density at radius 2 is 1.80 bits per heavy atom. The molecule has 0 atom stereocenters. The van der Waals surface area contributed by atoms with Crippen molar-refractivity contribution in [1.82, 2.24) is 0 Å². The highest BCUT2D eigenvalue weighted by molar-refractivity contribution is 4.85. The van der Waals surface area contributed by atoms with E-state index in [4.69, 9.17) is 15.6 Å². The van der Waals surface area contributed by atoms with Gasteiger partial charge in [0.2, 0.25) is 0 Å². The van der Waals surface area contributed by atoms with Gasteiger partial charge in [-0.05, 0) is 6.42 Å². The van der Waals surface area contributed by atoms with Crippen molar-refractivity contribution in [2.45, 2.75) is 26.2 Å². The summed E-state index contributed by atoms with van der Waals surface area (Å²) in [6, 6.07) is 3.31. The molecule has 3 heteroatoms. The second-order valence-corrected chi connectivity index (χ2v) is 1.57. The van der Waals surface area contributed by atoms with Crippen LogP contribution in [0.4, 0.5) is 0 Å². The summed E-state index contributed by atoms with van der Waals surface area (Å²) in [5.41, 5.74) is 0. The van der Waals surface area contributed by atoms with E-state index in [0.717, 1.165) is 12.8 Å². The topological polar surface area (TPSA) is 67.8 Å². The Morgan fingerprint density at radius 1 is 1.30 bits per heavy atom. The molecule has 0 saturated heterocycles. The predicted octanol–water partition coefficient (Wildman–Crippen LogP) is 1.20. The van der Waals surface area contributed by atoms with E-state index in [1.54, 1.807) is 12.1 Å². The minimum absolute atomic E-state index is 0. The molecular weight excluding hydrogens is 128 g/mol. The molecule has 1 N–H and O–H groups in total. The number of hydrogen-bond acceptors (Lipinski definition) is 3. The summed E-state index contributed by atoms with van der Waals surface area (Å²) < 4.78 is 0. The minimum atomic E-state index is 0. The van der Waals surface area contributed by atoms with Crippen molar-refractivity contribution < 1.29 is 5.11 Å².